The molecule has 0 amide bonds. The summed E-state index contributed by atoms with van der Waals surface area (Å²) in [5, 5.41) is 0. The van der Waals surface area contributed by atoms with Crippen LogP contribution in [0.5, 0.6) is 11.5 Å². The molecule has 1 aromatic carbocycles. The number of rotatable bonds is 1. The number of fused-ring (bicyclic) bond motifs is 1. The Morgan fingerprint density at radius 3 is 2.10 bits per heavy atom. The van der Waals surface area contributed by atoms with E-state index in [-0.39, 0.29) is 16.9 Å². The molecular weight excluding hydrogens is 260 g/mol. The molecule has 1 aliphatic rings. The number of anilines is 2. The van der Waals surface area contributed by atoms with Gasteiger partial charge in [0.1, 0.15) is 24.5 Å². The molecule has 0 bridgehead atoms. The van der Waals surface area contributed by atoms with Crippen molar-refractivity contribution in [2.45, 2.75) is 27.7 Å². The Labute approximate surface area is 120 Å². The van der Waals surface area contributed by atoms with Crippen molar-refractivity contribution in [3.63, 3.8) is 0 Å². The summed E-state index contributed by atoms with van der Waals surface area (Å²) >= 11 is 0. The molecular formula is C14H24N2O4. The highest BCUT2D eigenvalue weighted by molar-refractivity contribution is 5.97. The van der Waals surface area contributed by atoms with Gasteiger partial charge in [0.05, 0.1) is 12.8 Å². The zero-order valence-corrected chi connectivity index (χ0v) is 12.8. The van der Waals surface area contributed by atoms with Crippen molar-refractivity contribution in [3.05, 3.63) is 11.6 Å². The predicted molar refractivity (Wildman–Crippen MR) is 80.3 cm³/mol. The van der Waals surface area contributed by atoms with Crippen molar-refractivity contribution >= 4 is 17.3 Å². The summed E-state index contributed by atoms with van der Waals surface area (Å²) in [6.45, 7) is 8.74. The number of nitrogens with two attached hydrogens (primary N) is 2. The van der Waals surface area contributed by atoms with Gasteiger partial charge in [-0.1, -0.05) is 27.7 Å². The molecule has 114 valence electrons. The first-order valence-electron chi connectivity index (χ1n) is 6.71. The van der Waals surface area contributed by atoms with Gasteiger partial charge in [0.25, 0.3) is 0 Å². The van der Waals surface area contributed by atoms with Gasteiger partial charge in [0.2, 0.25) is 0 Å². The van der Waals surface area contributed by atoms with Crippen LogP contribution in [0.1, 0.15) is 38.1 Å². The minimum absolute atomic E-state index is 0.226. The van der Waals surface area contributed by atoms with Crippen LogP contribution in [-0.2, 0) is 4.74 Å². The Morgan fingerprint density at radius 1 is 1.10 bits per heavy atom. The van der Waals surface area contributed by atoms with Crippen molar-refractivity contribution in [1.82, 2.24) is 0 Å². The number of hydrogen-bond donors (Lipinski definition) is 2. The highest BCUT2D eigenvalue weighted by atomic mass is 16.6. The second-order valence-electron chi connectivity index (χ2n) is 3.27. The SMILES string of the molecule is CC.CC.COC(=O)c1cc(N)c(N)c2c1OCCO2. The van der Waals surface area contributed by atoms with E-state index in [1.807, 2.05) is 27.7 Å². The van der Waals surface area contributed by atoms with Crippen molar-refractivity contribution < 1.29 is 19.0 Å². The lowest BCUT2D eigenvalue weighted by molar-refractivity contribution is 0.0590. The molecule has 0 fully saturated rings. The van der Waals surface area contributed by atoms with E-state index in [4.69, 9.17) is 20.9 Å². The molecule has 0 aliphatic carbocycles. The zero-order valence-electron chi connectivity index (χ0n) is 12.8. The number of carbonyl (C=O) groups excluding carboxylic acids is 1. The van der Waals surface area contributed by atoms with E-state index in [0.29, 0.717) is 24.7 Å². The van der Waals surface area contributed by atoms with Gasteiger partial charge >= 0.3 is 5.97 Å². The van der Waals surface area contributed by atoms with Crippen LogP contribution in [0.4, 0.5) is 11.4 Å². The number of benzene rings is 1. The summed E-state index contributed by atoms with van der Waals surface area (Å²) in [4.78, 5) is 11.5. The van der Waals surface area contributed by atoms with Gasteiger partial charge in [-0.3, -0.25) is 0 Å². The van der Waals surface area contributed by atoms with Crippen molar-refractivity contribution in [1.29, 1.82) is 0 Å². The summed E-state index contributed by atoms with van der Waals surface area (Å²) in [7, 11) is 1.28. The normalized spacial score (nSPS) is 11.2. The van der Waals surface area contributed by atoms with Gasteiger partial charge in [-0.15, -0.1) is 0 Å². The second-order valence-corrected chi connectivity index (χ2v) is 3.27. The second kappa shape index (κ2) is 8.90. The van der Waals surface area contributed by atoms with Crippen LogP contribution in [-0.4, -0.2) is 26.3 Å². The summed E-state index contributed by atoms with van der Waals surface area (Å²) < 4.78 is 15.3. The van der Waals surface area contributed by atoms with E-state index in [1.54, 1.807) is 0 Å². The van der Waals surface area contributed by atoms with E-state index in [2.05, 4.69) is 4.74 Å². The third-order valence-electron chi connectivity index (χ3n) is 2.29. The smallest absolute Gasteiger partial charge is 0.341 e. The first-order valence-corrected chi connectivity index (χ1v) is 6.71. The van der Waals surface area contributed by atoms with Gasteiger partial charge < -0.3 is 25.7 Å². The Morgan fingerprint density at radius 2 is 1.60 bits per heavy atom. The average Bonchev–Trinajstić information content (AvgIpc) is 2.54. The quantitative estimate of drug-likeness (QED) is 0.607. The minimum Gasteiger partial charge on any atom is -0.485 e. The standard InChI is InChI=1S/C10H12N2O4.2C2H6/c1-14-10(13)5-4-6(11)7(12)9-8(5)15-2-3-16-9;2*1-2/h4H,2-3,11-12H2,1H3;2*1-2H3. The Bertz CT molecular complexity index is 447. The molecule has 0 atom stereocenters. The largest absolute Gasteiger partial charge is 0.485 e. The number of esters is 1. The highest BCUT2D eigenvalue weighted by Crippen LogP contribution is 2.42. The van der Waals surface area contributed by atoms with Crippen LogP contribution in [0.25, 0.3) is 0 Å². The molecule has 6 heteroatoms. The maximum atomic E-state index is 11.5. The molecule has 20 heavy (non-hydrogen) atoms. The van der Waals surface area contributed by atoms with Gasteiger partial charge in [0.15, 0.2) is 11.5 Å². The van der Waals surface area contributed by atoms with Crippen LogP contribution >= 0.6 is 0 Å². The first-order chi connectivity index (χ1) is 9.65. The number of carbonyl (C=O) groups is 1. The summed E-state index contributed by atoms with van der Waals surface area (Å²) in [5.74, 6) is 0.0740. The number of nitrogen functional groups attached to an aromatic ring is 2. The molecule has 0 unspecified atom stereocenters. The summed E-state index contributed by atoms with van der Waals surface area (Å²) in [5.41, 5.74) is 12.2. The molecule has 0 spiro atoms. The maximum Gasteiger partial charge on any atom is 0.341 e. The zero-order chi connectivity index (χ0) is 15.7. The van der Waals surface area contributed by atoms with E-state index in [9.17, 15) is 4.79 Å². The molecule has 1 aliphatic heterocycles. The molecule has 0 saturated heterocycles. The van der Waals surface area contributed by atoms with Crippen molar-refractivity contribution in [2.75, 3.05) is 31.8 Å². The van der Waals surface area contributed by atoms with Gasteiger partial charge in [-0.25, -0.2) is 4.79 Å². The van der Waals surface area contributed by atoms with Crippen molar-refractivity contribution in [3.8, 4) is 11.5 Å². The highest BCUT2D eigenvalue weighted by Gasteiger charge is 2.25. The summed E-state index contributed by atoms with van der Waals surface area (Å²) in [6.07, 6.45) is 0. The lowest BCUT2D eigenvalue weighted by Gasteiger charge is -2.22. The lowest BCUT2D eigenvalue weighted by atomic mass is 10.1. The number of ether oxygens (including phenoxy) is 3. The Balaban J connectivity index is 0.000000829. The molecule has 4 N–H and O–H groups in total. The minimum atomic E-state index is -0.534. The summed E-state index contributed by atoms with van der Waals surface area (Å²) in [6, 6.07) is 1.43. The van der Waals surface area contributed by atoms with Crippen LogP contribution in [0.2, 0.25) is 0 Å². The molecule has 1 aromatic rings. The van der Waals surface area contributed by atoms with E-state index in [1.165, 1.54) is 13.2 Å². The Kier molecular flexibility index (Phi) is 7.96. The topological polar surface area (TPSA) is 96.8 Å². The van der Waals surface area contributed by atoms with E-state index in [0.717, 1.165) is 0 Å². The van der Waals surface area contributed by atoms with Crippen LogP contribution in [0.15, 0.2) is 6.07 Å². The number of methoxy groups -OCH3 is 1. The third kappa shape index (κ3) is 3.69. The Hall–Kier alpha value is -2.11. The fourth-order valence-electron chi connectivity index (χ4n) is 1.51. The molecule has 0 saturated carbocycles. The molecule has 0 aromatic heterocycles. The molecule has 2 rings (SSSR count). The van der Waals surface area contributed by atoms with Crippen LogP contribution in [0, 0.1) is 0 Å². The third-order valence-corrected chi connectivity index (χ3v) is 2.29. The van der Waals surface area contributed by atoms with E-state index >= 15 is 0 Å². The fourth-order valence-corrected chi connectivity index (χ4v) is 1.51. The predicted octanol–water partition coefficient (Wildman–Crippen LogP) is 2.46. The average molecular weight is 284 g/mol. The molecule has 1 heterocycles. The fraction of sp³-hybridized carbons (Fsp3) is 0.500. The van der Waals surface area contributed by atoms with Gasteiger partial charge in [0, 0.05) is 0 Å². The lowest BCUT2D eigenvalue weighted by Crippen LogP contribution is -2.20. The van der Waals surface area contributed by atoms with E-state index < -0.39 is 5.97 Å². The first kappa shape index (κ1) is 17.9. The maximum absolute atomic E-state index is 11.5. The number of hydrogen-bond acceptors (Lipinski definition) is 6. The monoisotopic (exact) mass is 284 g/mol. The van der Waals surface area contributed by atoms with Gasteiger partial charge in [-0.05, 0) is 6.07 Å². The van der Waals surface area contributed by atoms with Crippen LogP contribution in [0.3, 0.4) is 0 Å². The van der Waals surface area contributed by atoms with Gasteiger partial charge in [-0.2, -0.15) is 0 Å². The van der Waals surface area contributed by atoms with Crippen LogP contribution < -0.4 is 20.9 Å². The molecule has 0 radical (unpaired) electrons. The molecule has 6 nitrogen and oxygen atoms in total. The van der Waals surface area contributed by atoms with Crippen molar-refractivity contribution in [2.24, 2.45) is 0 Å².